The Morgan fingerprint density at radius 2 is 1.88 bits per heavy atom. The zero-order chi connectivity index (χ0) is 17.0. The summed E-state index contributed by atoms with van der Waals surface area (Å²) in [6.07, 6.45) is 1.63. The highest BCUT2D eigenvalue weighted by molar-refractivity contribution is 7.89. The van der Waals surface area contributed by atoms with E-state index in [1.165, 1.54) is 0 Å². The number of para-hydroxylation sites is 1. The summed E-state index contributed by atoms with van der Waals surface area (Å²) in [5.41, 5.74) is 0.541. The molecule has 1 aromatic heterocycles. The summed E-state index contributed by atoms with van der Waals surface area (Å²) in [6, 6.07) is 9.00. The Kier molecular flexibility index (Phi) is 5.45. The molecule has 1 aliphatic rings. The fourth-order valence-corrected chi connectivity index (χ4v) is 4.54. The zero-order valence-corrected chi connectivity index (χ0v) is 14.7. The molecule has 0 bridgehead atoms. The number of sulfonamides is 1. The summed E-state index contributed by atoms with van der Waals surface area (Å²) in [4.78, 5) is 6.81. The van der Waals surface area contributed by atoms with Crippen molar-refractivity contribution in [1.82, 2.24) is 14.2 Å². The molecular formula is C17H23N3O3S. The summed E-state index contributed by atoms with van der Waals surface area (Å²) in [5, 5.41) is 0.842. The van der Waals surface area contributed by atoms with Crippen LogP contribution in [-0.2, 0) is 14.8 Å². The van der Waals surface area contributed by atoms with Crippen LogP contribution in [0.1, 0.15) is 6.92 Å². The van der Waals surface area contributed by atoms with Gasteiger partial charge in [-0.05, 0) is 19.1 Å². The molecule has 130 valence electrons. The van der Waals surface area contributed by atoms with E-state index in [-0.39, 0.29) is 0 Å². The van der Waals surface area contributed by atoms with Crippen LogP contribution in [0.3, 0.4) is 0 Å². The molecule has 0 atom stereocenters. The van der Waals surface area contributed by atoms with E-state index in [4.69, 9.17) is 4.74 Å². The van der Waals surface area contributed by atoms with E-state index in [0.29, 0.717) is 36.7 Å². The number of rotatable bonds is 6. The first-order valence-electron chi connectivity index (χ1n) is 8.27. The normalized spacial score (nSPS) is 17.4. The topological polar surface area (TPSA) is 62.7 Å². The molecule has 0 saturated carbocycles. The third-order valence-corrected chi connectivity index (χ3v) is 6.23. The maximum absolute atomic E-state index is 13.0. The molecule has 0 amide bonds. The molecule has 0 unspecified atom stereocenters. The van der Waals surface area contributed by atoms with Gasteiger partial charge >= 0.3 is 0 Å². The Morgan fingerprint density at radius 1 is 1.12 bits per heavy atom. The molecule has 0 N–H and O–H groups in total. The number of aromatic nitrogens is 1. The van der Waals surface area contributed by atoms with Gasteiger partial charge in [0.25, 0.3) is 0 Å². The first-order chi connectivity index (χ1) is 11.6. The van der Waals surface area contributed by atoms with E-state index in [1.807, 2.05) is 25.1 Å². The number of ether oxygens (including phenoxy) is 1. The van der Waals surface area contributed by atoms with Crippen LogP contribution in [0.4, 0.5) is 0 Å². The molecular weight excluding hydrogens is 326 g/mol. The van der Waals surface area contributed by atoms with Gasteiger partial charge in [0.15, 0.2) is 0 Å². The van der Waals surface area contributed by atoms with Crippen LogP contribution >= 0.6 is 0 Å². The molecule has 0 radical (unpaired) electrons. The van der Waals surface area contributed by atoms with E-state index >= 15 is 0 Å². The molecule has 1 saturated heterocycles. The van der Waals surface area contributed by atoms with Gasteiger partial charge in [-0.25, -0.2) is 8.42 Å². The van der Waals surface area contributed by atoms with Gasteiger partial charge < -0.3 is 4.74 Å². The molecule has 0 aliphatic carbocycles. The minimum absolute atomic E-state index is 0.295. The highest BCUT2D eigenvalue weighted by Crippen LogP contribution is 2.24. The lowest BCUT2D eigenvalue weighted by Crippen LogP contribution is -2.49. The van der Waals surface area contributed by atoms with E-state index in [1.54, 1.807) is 22.6 Å². The van der Waals surface area contributed by atoms with Gasteiger partial charge in [0, 0.05) is 50.9 Å². The predicted molar refractivity (Wildman–Crippen MR) is 93.4 cm³/mol. The van der Waals surface area contributed by atoms with E-state index in [0.717, 1.165) is 25.0 Å². The average molecular weight is 349 g/mol. The minimum atomic E-state index is -3.52. The summed E-state index contributed by atoms with van der Waals surface area (Å²) in [7, 11) is -3.52. The monoisotopic (exact) mass is 349 g/mol. The van der Waals surface area contributed by atoms with Crippen molar-refractivity contribution in [2.45, 2.75) is 11.8 Å². The number of nitrogens with zero attached hydrogens (tertiary/aromatic N) is 3. The standard InChI is InChI=1S/C17H23N3O3S/c1-2-23-14-13-19-9-11-20(12-10-19)24(21,22)16-7-3-5-15-6-4-8-18-17(15)16/h3-8H,2,9-14H2,1H3. The second-order valence-electron chi connectivity index (χ2n) is 5.77. The quantitative estimate of drug-likeness (QED) is 0.741. The van der Waals surface area contributed by atoms with Crippen molar-refractivity contribution >= 4 is 20.9 Å². The second kappa shape index (κ2) is 7.57. The molecule has 1 fully saturated rings. The van der Waals surface area contributed by atoms with E-state index in [2.05, 4.69) is 9.88 Å². The third-order valence-electron chi connectivity index (χ3n) is 4.30. The minimum Gasteiger partial charge on any atom is -0.380 e. The van der Waals surface area contributed by atoms with Gasteiger partial charge in [0.1, 0.15) is 4.90 Å². The molecule has 7 heteroatoms. The summed E-state index contributed by atoms with van der Waals surface area (Å²) >= 11 is 0. The molecule has 1 aromatic carbocycles. The number of hydrogen-bond donors (Lipinski definition) is 0. The molecule has 2 heterocycles. The molecule has 6 nitrogen and oxygen atoms in total. The van der Waals surface area contributed by atoms with Crippen LogP contribution in [0.25, 0.3) is 10.9 Å². The van der Waals surface area contributed by atoms with Crippen LogP contribution in [-0.4, -0.2) is 68.5 Å². The van der Waals surface area contributed by atoms with Crippen molar-refractivity contribution in [2.24, 2.45) is 0 Å². The van der Waals surface area contributed by atoms with Gasteiger partial charge in [0.05, 0.1) is 12.1 Å². The third kappa shape index (κ3) is 3.59. The van der Waals surface area contributed by atoms with E-state index < -0.39 is 10.0 Å². The average Bonchev–Trinajstić information content (AvgIpc) is 2.62. The van der Waals surface area contributed by atoms with Gasteiger partial charge in [-0.2, -0.15) is 4.31 Å². The highest BCUT2D eigenvalue weighted by atomic mass is 32.2. The fourth-order valence-electron chi connectivity index (χ4n) is 2.95. The lowest BCUT2D eigenvalue weighted by Gasteiger charge is -2.33. The first-order valence-corrected chi connectivity index (χ1v) is 9.71. The lowest BCUT2D eigenvalue weighted by molar-refractivity contribution is 0.0979. The summed E-state index contributed by atoms with van der Waals surface area (Å²) in [6.45, 7) is 6.67. The van der Waals surface area contributed by atoms with Crippen LogP contribution in [0.2, 0.25) is 0 Å². The molecule has 24 heavy (non-hydrogen) atoms. The van der Waals surface area contributed by atoms with Crippen LogP contribution in [0, 0.1) is 0 Å². The number of fused-ring (bicyclic) bond motifs is 1. The van der Waals surface area contributed by atoms with Gasteiger partial charge in [-0.1, -0.05) is 18.2 Å². The van der Waals surface area contributed by atoms with Crippen LogP contribution in [0.5, 0.6) is 0 Å². The second-order valence-corrected chi connectivity index (χ2v) is 7.68. The molecule has 1 aliphatic heterocycles. The van der Waals surface area contributed by atoms with Crippen LogP contribution in [0.15, 0.2) is 41.4 Å². The van der Waals surface area contributed by atoms with Gasteiger partial charge in [-0.15, -0.1) is 0 Å². The Balaban J connectivity index is 1.75. The number of hydrogen-bond acceptors (Lipinski definition) is 5. The van der Waals surface area contributed by atoms with Crippen LogP contribution < -0.4 is 0 Å². The summed E-state index contributed by atoms with van der Waals surface area (Å²) in [5.74, 6) is 0. The smallest absolute Gasteiger partial charge is 0.245 e. The largest absolute Gasteiger partial charge is 0.380 e. The highest BCUT2D eigenvalue weighted by Gasteiger charge is 2.29. The molecule has 3 rings (SSSR count). The maximum atomic E-state index is 13.0. The number of piperazine rings is 1. The first kappa shape index (κ1) is 17.3. The number of pyridine rings is 1. The van der Waals surface area contributed by atoms with Crippen molar-refractivity contribution in [2.75, 3.05) is 45.9 Å². The molecule has 0 spiro atoms. The lowest BCUT2D eigenvalue weighted by atomic mass is 10.2. The van der Waals surface area contributed by atoms with Gasteiger partial charge in [-0.3, -0.25) is 9.88 Å². The Hall–Kier alpha value is -1.54. The van der Waals surface area contributed by atoms with Crippen molar-refractivity contribution < 1.29 is 13.2 Å². The maximum Gasteiger partial charge on any atom is 0.245 e. The Labute approximate surface area is 143 Å². The SMILES string of the molecule is CCOCCN1CCN(S(=O)(=O)c2cccc3cccnc23)CC1. The number of benzene rings is 1. The fraction of sp³-hybridized carbons (Fsp3) is 0.471. The van der Waals surface area contributed by atoms with Crippen molar-refractivity contribution in [3.05, 3.63) is 36.5 Å². The summed E-state index contributed by atoms with van der Waals surface area (Å²) < 4.78 is 33.0. The van der Waals surface area contributed by atoms with Crippen molar-refractivity contribution in [3.63, 3.8) is 0 Å². The Bertz CT molecular complexity index is 781. The zero-order valence-electron chi connectivity index (χ0n) is 13.9. The molecule has 2 aromatic rings. The van der Waals surface area contributed by atoms with Crippen molar-refractivity contribution in [3.8, 4) is 0 Å². The van der Waals surface area contributed by atoms with E-state index in [9.17, 15) is 8.42 Å². The Morgan fingerprint density at radius 3 is 2.62 bits per heavy atom. The van der Waals surface area contributed by atoms with Crippen molar-refractivity contribution in [1.29, 1.82) is 0 Å². The van der Waals surface area contributed by atoms with Gasteiger partial charge in [0.2, 0.25) is 10.0 Å². The predicted octanol–water partition coefficient (Wildman–Crippen LogP) is 1.58.